The molecule has 0 saturated carbocycles. The molecule has 0 saturated heterocycles. The number of thioether (sulfide) groups is 1. The van der Waals surface area contributed by atoms with Crippen molar-refractivity contribution in [2.75, 3.05) is 20.6 Å². The summed E-state index contributed by atoms with van der Waals surface area (Å²) in [7, 11) is 4.09. The lowest BCUT2D eigenvalue weighted by Gasteiger charge is -2.11. The first-order chi connectivity index (χ1) is 5.18. The summed E-state index contributed by atoms with van der Waals surface area (Å²) in [5.41, 5.74) is 0. The molecule has 3 heteroatoms. The van der Waals surface area contributed by atoms with Crippen LogP contribution in [0.4, 0.5) is 0 Å². The second-order valence-corrected chi connectivity index (χ2v) is 4.17. The summed E-state index contributed by atoms with van der Waals surface area (Å²) in [5.74, 6) is 0. The molecule has 1 rings (SSSR count). The summed E-state index contributed by atoms with van der Waals surface area (Å²) in [5, 5.41) is 0.624. The highest BCUT2D eigenvalue weighted by molar-refractivity contribution is 8.15. The molecule has 1 heterocycles. The van der Waals surface area contributed by atoms with Crippen LogP contribution in [0.25, 0.3) is 0 Å². The van der Waals surface area contributed by atoms with Gasteiger partial charge in [-0.2, -0.15) is 0 Å². The molecule has 0 aromatic rings. The predicted molar refractivity (Wildman–Crippen MR) is 48.7 cm³/mol. The maximum atomic E-state index is 10.8. The second-order valence-electron chi connectivity index (χ2n) is 2.93. The molecule has 1 unspecified atom stereocenters. The Hall–Kier alpha value is -0.280. The van der Waals surface area contributed by atoms with Gasteiger partial charge < -0.3 is 4.90 Å². The standard InChI is InChI=1S/C8H13NOS/c1-9(2)6-5-7-3-4-8(10)11-7/h3-4,7H,5-6H2,1-2H3. The molecule has 0 radical (unpaired) electrons. The van der Waals surface area contributed by atoms with Crippen molar-refractivity contribution >= 4 is 16.9 Å². The van der Waals surface area contributed by atoms with E-state index in [-0.39, 0.29) is 5.12 Å². The molecule has 0 fully saturated rings. The molecule has 1 atom stereocenters. The van der Waals surface area contributed by atoms with Gasteiger partial charge in [-0.25, -0.2) is 0 Å². The third kappa shape index (κ3) is 3.08. The fourth-order valence-corrected chi connectivity index (χ4v) is 1.79. The smallest absolute Gasteiger partial charge is 0.212 e. The van der Waals surface area contributed by atoms with E-state index in [4.69, 9.17) is 0 Å². The Morgan fingerprint density at radius 3 is 2.82 bits per heavy atom. The highest BCUT2D eigenvalue weighted by atomic mass is 32.2. The summed E-state index contributed by atoms with van der Waals surface area (Å²) in [6.45, 7) is 1.05. The van der Waals surface area contributed by atoms with E-state index in [2.05, 4.69) is 4.90 Å². The monoisotopic (exact) mass is 171 g/mol. The molecule has 0 N–H and O–H groups in total. The van der Waals surface area contributed by atoms with Gasteiger partial charge in [0.2, 0.25) is 5.12 Å². The molecule has 0 amide bonds. The molecule has 0 spiro atoms. The van der Waals surface area contributed by atoms with Gasteiger partial charge in [0.25, 0.3) is 0 Å². The molecule has 0 bridgehead atoms. The molecule has 62 valence electrons. The third-order valence-electron chi connectivity index (χ3n) is 1.58. The first-order valence-corrected chi connectivity index (χ1v) is 4.60. The van der Waals surface area contributed by atoms with E-state index in [1.54, 1.807) is 6.08 Å². The van der Waals surface area contributed by atoms with E-state index in [9.17, 15) is 4.79 Å². The van der Waals surface area contributed by atoms with Crippen molar-refractivity contribution < 1.29 is 4.79 Å². The zero-order chi connectivity index (χ0) is 8.27. The van der Waals surface area contributed by atoms with Crippen LogP contribution in [0, 0.1) is 0 Å². The van der Waals surface area contributed by atoms with Crippen LogP contribution in [0.3, 0.4) is 0 Å². The van der Waals surface area contributed by atoms with E-state index in [0.29, 0.717) is 5.25 Å². The Bertz CT molecular complexity index is 177. The Labute approximate surface area is 71.6 Å². The Balaban J connectivity index is 2.19. The number of carbonyl (C=O) groups excluding carboxylic acids is 1. The van der Waals surface area contributed by atoms with Crippen molar-refractivity contribution in [2.45, 2.75) is 11.7 Å². The molecule has 1 aliphatic rings. The second kappa shape index (κ2) is 3.93. The van der Waals surface area contributed by atoms with Crippen molar-refractivity contribution in [3.05, 3.63) is 12.2 Å². The van der Waals surface area contributed by atoms with E-state index >= 15 is 0 Å². The highest BCUT2D eigenvalue weighted by Gasteiger charge is 2.15. The van der Waals surface area contributed by atoms with Crippen molar-refractivity contribution in [1.29, 1.82) is 0 Å². The number of carbonyl (C=O) groups is 1. The largest absolute Gasteiger partial charge is 0.309 e. The van der Waals surface area contributed by atoms with E-state index in [1.165, 1.54) is 11.8 Å². The van der Waals surface area contributed by atoms with Crippen molar-refractivity contribution in [1.82, 2.24) is 4.90 Å². The number of hydrogen-bond donors (Lipinski definition) is 0. The zero-order valence-corrected chi connectivity index (χ0v) is 7.73. The summed E-state index contributed by atoms with van der Waals surface area (Å²) in [6.07, 6.45) is 4.74. The molecule has 0 aromatic heterocycles. The van der Waals surface area contributed by atoms with Crippen LogP contribution in [-0.2, 0) is 4.79 Å². The topological polar surface area (TPSA) is 20.3 Å². The average Bonchev–Trinajstić information content (AvgIpc) is 2.31. The Morgan fingerprint density at radius 1 is 1.64 bits per heavy atom. The molecular weight excluding hydrogens is 158 g/mol. The fraction of sp³-hybridized carbons (Fsp3) is 0.625. The van der Waals surface area contributed by atoms with E-state index in [0.717, 1.165) is 13.0 Å². The number of rotatable bonds is 3. The van der Waals surface area contributed by atoms with Crippen LogP contribution in [0.5, 0.6) is 0 Å². The maximum absolute atomic E-state index is 10.8. The third-order valence-corrected chi connectivity index (χ3v) is 2.64. The molecule has 2 nitrogen and oxygen atoms in total. The van der Waals surface area contributed by atoms with Gasteiger partial charge in [0.05, 0.1) is 0 Å². The first-order valence-electron chi connectivity index (χ1n) is 3.72. The first kappa shape index (κ1) is 8.81. The van der Waals surface area contributed by atoms with Crippen molar-refractivity contribution in [3.63, 3.8) is 0 Å². The predicted octanol–water partition coefficient (Wildman–Crippen LogP) is 1.14. The normalized spacial score (nSPS) is 23.5. The minimum Gasteiger partial charge on any atom is -0.309 e. The van der Waals surface area contributed by atoms with Crippen molar-refractivity contribution in [2.24, 2.45) is 0 Å². The van der Waals surface area contributed by atoms with Crippen LogP contribution in [0.1, 0.15) is 6.42 Å². The minimum absolute atomic E-state index is 0.203. The van der Waals surface area contributed by atoms with Crippen LogP contribution in [0.15, 0.2) is 12.2 Å². The van der Waals surface area contributed by atoms with Gasteiger partial charge in [-0.1, -0.05) is 17.8 Å². The van der Waals surface area contributed by atoms with Gasteiger partial charge >= 0.3 is 0 Å². The molecule has 0 aliphatic carbocycles. The molecule has 11 heavy (non-hydrogen) atoms. The Kier molecular flexibility index (Phi) is 3.15. The lowest BCUT2D eigenvalue weighted by Crippen LogP contribution is -2.16. The fourth-order valence-electron chi connectivity index (χ4n) is 0.954. The van der Waals surface area contributed by atoms with Crippen LogP contribution >= 0.6 is 11.8 Å². The quantitative estimate of drug-likeness (QED) is 0.635. The summed E-state index contributed by atoms with van der Waals surface area (Å²) in [4.78, 5) is 12.9. The maximum Gasteiger partial charge on any atom is 0.212 e. The summed E-state index contributed by atoms with van der Waals surface area (Å²) >= 11 is 1.43. The Morgan fingerprint density at radius 2 is 2.36 bits per heavy atom. The molecule has 1 aliphatic heterocycles. The number of hydrogen-bond acceptors (Lipinski definition) is 3. The minimum atomic E-state index is 0.203. The molecular formula is C8H13NOS. The van der Waals surface area contributed by atoms with Crippen LogP contribution < -0.4 is 0 Å². The van der Waals surface area contributed by atoms with E-state index < -0.39 is 0 Å². The van der Waals surface area contributed by atoms with Gasteiger partial charge in [0.15, 0.2) is 0 Å². The number of nitrogens with zero attached hydrogens (tertiary/aromatic N) is 1. The average molecular weight is 171 g/mol. The van der Waals surface area contributed by atoms with E-state index in [1.807, 2.05) is 20.2 Å². The summed E-state index contributed by atoms with van der Waals surface area (Å²) in [6, 6.07) is 0. The lowest BCUT2D eigenvalue weighted by molar-refractivity contribution is -0.106. The van der Waals surface area contributed by atoms with Crippen molar-refractivity contribution in [3.8, 4) is 0 Å². The summed E-state index contributed by atoms with van der Waals surface area (Å²) < 4.78 is 0. The lowest BCUT2D eigenvalue weighted by atomic mass is 10.3. The van der Waals surface area contributed by atoms with Gasteiger partial charge in [0.1, 0.15) is 0 Å². The SMILES string of the molecule is CN(C)CCC1C=CC(=O)S1. The van der Waals surface area contributed by atoms with Crippen LogP contribution in [-0.4, -0.2) is 35.9 Å². The van der Waals surface area contributed by atoms with Gasteiger partial charge in [-0.05, 0) is 33.1 Å². The highest BCUT2D eigenvalue weighted by Crippen LogP contribution is 2.23. The van der Waals surface area contributed by atoms with Gasteiger partial charge in [0, 0.05) is 5.25 Å². The van der Waals surface area contributed by atoms with Gasteiger partial charge in [-0.15, -0.1) is 0 Å². The molecule has 0 aromatic carbocycles. The van der Waals surface area contributed by atoms with Crippen LogP contribution in [0.2, 0.25) is 0 Å². The zero-order valence-electron chi connectivity index (χ0n) is 6.91. The van der Waals surface area contributed by atoms with Gasteiger partial charge in [-0.3, -0.25) is 4.79 Å².